The number of rotatable bonds is 8. The minimum absolute atomic E-state index is 0.106. The van der Waals surface area contributed by atoms with Gasteiger partial charge in [0, 0.05) is 25.3 Å². The van der Waals surface area contributed by atoms with E-state index >= 15 is 0 Å². The summed E-state index contributed by atoms with van der Waals surface area (Å²) >= 11 is 0. The highest BCUT2D eigenvalue weighted by atomic mass is 16.5. The summed E-state index contributed by atoms with van der Waals surface area (Å²) in [5.74, 6) is 1.37. The second-order valence-electron chi connectivity index (χ2n) is 8.34. The van der Waals surface area contributed by atoms with Gasteiger partial charge in [-0.3, -0.25) is 9.69 Å². The largest absolute Gasteiger partial charge is 0.486 e. The van der Waals surface area contributed by atoms with Gasteiger partial charge in [-0.25, -0.2) is 4.98 Å². The van der Waals surface area contributed by atoms with E-state index in [0.29, 0.717) is 5.82 Å². The summed E-state index contributed by atoms with van der Waals surface area (Å²) in [6, 6.07) is 25.5. The maximum Gasteiger partial charge on any atom is 0.244 e. The molecule has 1 N–H and O–H groups in total. The molecule has 34 heavy (non-hydrogen) atoms. The normalized spacial score (nSPS) is 14.2. The van der Waals surface area contributed by atoms with E-state index in [9.17, 15) is 4.79 Å². The Morgan fingerprint density at radius 1 is 0.941 bits per heavy atom. The second-order valence-corrected chi connectivity index (χ2v) is 8.34. The van der Waals surface area contributed by atoms with E-state index in [1.165, 1.54) is 5.56 Å². The van der Waals surface area contributed by atoms with Crippen molar-refractivity contribution in [1.82, 2.24) is 14.5 Å². The molecule has 1 aliphatic rings. The minimum atomic E-state index is -0.106. The molecule has 4 aromatic rings. The highest BCUT2D eigenvalue weighted by Gasteiger charge is 2.15. The zero-order valence-corrected chi connectivity index (χ0v) is 19.0. The van der Waals surface area contributed by atoms with Crippen molar-refractivity contribution >= 4 is 22.6 Å². The molecule has 0 atom stereocenters. The monoisotopic (exact) mass is 456 g/mol. The van der Waals surface area contributed by atoms with E-state index in [2.05, 4.69) is 22.3 Å². The molecule has 0 radical (unpaired) electrons. The second kappa shape index (κ2) is 10.5. The number of nitrogens with zero attached hydrogens (tertiary/aromatic N) is 3. The zero-order valence-electron chi connectivity index (χ0n) is 19.0. The molecular formula is C27H28N4O3. The number of ether oxygens (including phenoxy) is 2. The topological polar surface area (TPSA) is 68.6 Å². The number of carbonyl (C=O) groups is 1. The average Bonchev–Trinajstić information content (AvgIpc) is 3.22. The van der Waals surface area contributed by atoms with Gasteiger partial charge in [-0.1, -0.05) is 42.5 Å². The van der Waals surface area contributed by atoms with Gasteiger partial charge >= 0.3 is 0 Å². The predicted molar refractivity (Wildman–Crippen MR) is 132 cm³/mol. The summed E-state index contributed by atoms with van der Waals surface area (Å²) in [6.07, 6.45) is 0. The lowest BCUT2D eigenvalue weighted by Crippen LogP contribution is -2.35. The Labute approximate surface area is 198 Å². The fourth-order valence-electron chi connectivity index (χ4n) is 4.13. The summed E-state index contributed by atoms with van der Waals surface area (Å²) in [7, 11) is 0. The molecule has 0 unspecified atom stereocenters. The van der Waals surface area contributed by atoms with Crippen LogP contribution in [0.4, 0.5) is 5.69 Å². The Hall–Kier alpha value is -3.68. The van der Waals surface area contributed by atoms with Crippen LogP contribution in [0.1, 0.15) is 11.4 Å². The number of morpholine rings is 1. The molecule has 0 aliphatic carbocycles. The number of amides is 1. The SMILES string of the molecule is O=C(Cn1c(COc2ccccc2)nc2ccccc21)Nc1ccc(CN2CCOCC2)cc1. The standard InChI is InChI=1S/C27H28N4O3/c32-27(28-22-12-10-21(11-13-22)18-30-14-16-33-17-15-30)19-31-25-9-5-4-8-24(25)29-26(31)20-34-23-6-2-1-3-7-23/h1-13H,14-20H2,(H,28,32). The third-order valence-corrected chi connectivity index (χ3v) is 5.89. The van der Waals surface area contributed by atoms with E-state index in [0.717, 1.165) is 55.3 Å². The number of imidazole rings is 1. The number of nitrogens with one attached hydrogen (secondary N) is 1. The van der Waals surface area contributed by atoms with Crippen molar-refractivity contribution < 1.29 is 14.3 Å². The number of aromatic nitrogens is 2. The molecule has 1 fully saturated rings. The lowest BCUT2D eigenvalue weighted by molar-refractivity contribution is -0.116. The molecule has 1 aliphatic heterocycles. The quantitative estimate of drug-likeness (QED) is 0.433. The molecule has 1 amide bonds. The first-order chi connectivity index (χ1) is 16.7. The fourth-order valence-corrected chi connectivity index (χ4v) is 4.13. The molecule has 174 valence electrons. The van der Waals surface area contributed by atoms with Crippen LogP contribution in [0.5, 0.6) is 5.75 Å². The lowest BCUT2D eigenvalue weighted by atomic mass is 10.2. The number of hydrogen-bond donors (Lipinski definition) is 1. The summed E-state index contributed by atoms with van der Waals surface area (Å²) in [6.45, 7) is 4.81. The number of fused-ring (bicyclic) bond motifs is 1. The van der Waals surface area contributed by atoms with E-state index in [-0.39, 0.29) is 19.1 Å². The maximum absolute atomic E-state index is 12.9. The van der Waals surface area contributed by atoms with E-state index < -0.39 is 0 Å². The van der Waals surface area contributed by atoms with Crippen molar-refractivity contribution in [2.75, 3.05) is 31.6 Å². The highest BCUT2D eigenvalue weighted by molar-refractivity contribution is 5.91. The molecule has 0 spiro atoms. The lowest BCUT2D eigenvalue weighted by Gasteiger charge is -2.26. The van der Waals surface area contributed by atoms with Gasteiger partial charge < -0.3 is 19.4 Å². The fraction of sp³-hybridized carbons (Fsp3) is 0.259. The number of para-hydroxylation sites is 3. The van der Waals surface area contributed by atoms with Crippen LogP contribution in [0.3, 0.4) is 0 Å². The van der Waals surface area contributed by atoms with E-state index in [1.807, 2.05) is 71.3 Å². The first-order valence-corrected chi connectivity index (χ1v) is 11.6. The van der Waals surface area contributed by atoms with Gasteiger partial charge in [0.2, 0.25) is 5.91 Å². The maximum atomic E-state index is 12.9. The molecule has 5 rings (SSSR count). The van der Waals surface area contributed by atoms with Crippen molar-refractivity contribution in [2.24, 2.45) is 0 Å². The first kappa shape index (κ1) is 22.1. The van der Waals surface area contributed by atoms with Crippen LogP contribution in [0.2, 0.25) is 0 Å². The third-order valence-electron chi connectivity index (χ3n) is 5.89. The Bertz CT molecular complexity index is 1230. The van der Waals surface area contributed by atoms with Crippen LogP contribution in [0, 0.1) is 0 Å². The molecule has 0 saturated carbocycles. The number of carbonyl (C=O) groups excluding carboxylic acids is 1. The summed E-state index contributed by atoms with van der Waals surface area (Å²) in [5.41, 5.74) is 3.75. The minimum Gasteiger partial charge on any atom is -0.486 e. The summed E-state index contributed by atoms with van der Waals surface area (Å²) in [5, 5.41) is 3.01. The Morgan fingerprint density at radius 2 is 1.68 bits per heavy atom. The van der Waals surface area contributed by atoms with Crippen LogP contribution >= 0.6 is 0 Å². The van der Waals surface area contributed by atoms with Gasteiger partial charge in [0.25, 0.3) is 0 Å². The Kier molecular flexibility index (Phi) is 6.84. The zero-order chi connectivity index (χ0) is 23.2. The molecule has 7 nitrogen and oxygen atoms in total. The predicted octanol–water partition coefficient (Wildman–Crippen LogP) is 4.09. The van der Waals surface area contributed by atoms with Gasteiger partial charge in [-0.2, -0.15) is 0 Å². The van der Waals surface area contributed by atoms with Crippen LogP contribution in [0.25, 0.3) is 11.0 Å². The van der Waals surface area contributed by atoms with Gasteiger partial charge in [0.1, 0.15) is 24.7 Å². The van der Waals surface area contributed by atoms with Gasteiger partial charge in [0.05, 0.1) is 24.2 Å². The molecule has 3 aromatic carbocycles. The van der Waals surface area contributed by atoms with E-state index in [4.69, 9.17) is 14.5 Å². The average molecular weight is 457 g/mol. The number of hydrogen-bond acceptors (Lipinski definition) is 5. The first-order valence-electron chi connectivity index (χ1n) is 11.6. The van der Waals surface area contributed by atoms with Crippen LogP contribution in [-0.2, 0) is 29.2 Å². The van der Waals surface area contributed by atoms with Crippen molar-refractivity contribution in [1.29, 1.82) is 0 Å². The van der Waals surface area contributed by atoms with Crippen molar-refractivity contribution in [2.45, 2.75) is 19.7 Å². The van der Waals surface area contributed by atoms with Crippen LogP contribution < -0.4 is 10.1 Å². The summed E-state index contributed by atoms with van der Waals surface area (Å²) in [4.78, 5) is 20.0. The Balaban J connectivity index is 1.25. The molecule has 0 bridgehead atoms. The van der Waals surface area contributed by atoms with Crippen LogP contribution in [-0.4, -0.2) is 46.7 Å². The van der Waals surface area contributed by atoms with Gasteiger partial charge in [0.15, 0.2) is 0 Å². The van der Waals surface area contributed by atoms with Crippen molar-refractivity contribution in [3.8, 4) is 5.75 Å². The van der Waals surface area contributed by atoms with Gasteiger partial charge in [-0.15, -0.1) is 0 Å². The molecule has 1 aromatic heterocycles. The molecule has 7 heteroatoms. The van der Waals surface area contributed by atoms with Crippen molar-refractivity contribution in [3.63, 3.8) is 0 Å². The summed E-state index contributed by atoms with van der Waals surface area (Å²) < 4.78 is 13.2. The van der Waals surface area contributed by atoms with E-state index in [1.54, 1.807) is 0 Å². The number of benzene rings is 3. The molecule has 1 saturated heterocycles. The smallest absolute Gasteiger partial charge is 0.244 e. The Morgan fingerprint density at radius 3 is 2.47 bits per heavy atom. The highest BCUT2D eigenvalue weighted by Crippen LogP contribution is 2.19. The molecule has 2 heterocycles. The van der Waals surface area contributed by atoms with Crippen molar-refractivity contribution in [3.05, 3.63) is 90.3 Å². The molecular weight excluding hydrogens is 428 g/mol. The number of anilines is 1. The third kappa shape index (κ3) is 5.44. The van der Waals surface area contributed by atoms with Gasteiger partial charge in [-0.05, 0) is 42.0 Å². The van der Waals surface area contributed by atoms with Crippen LogP contribution in [0.15, 0.2) is 78.9 Å².